The number of nitrogens with zero attached hydrogens (tertiary/aromatic N) is 3. The molecule has 0 saturated carbocycles. The highest BCUT2D eigenvalue weighted by molar-refractivity contribution is 7.90. The normalized spacial score (nSPS) is 11.2. The lowest BCUT2D eigenvalue weighted by molar-refractivity contribution is 0.102. The third-order valence-corrected chi connectivity index (χ3v) is 4.38. The molecule has 0 aliphatic rings. The Bertz CT molecular complexity index is 964. The van der Waals surface area contributed by atoms with E-state index in [0.29, 0.717) is 5.69 Å². The summed E-state index contributed by atoms with van der Waals surface area (Å²) in [5, 5.41) is 10.8. The number of carbonyl (C=O) groups is 1. The third-order valence-electron chi connectivity index (χ3n) is 3.25. The van der Waals surface area contributed by atoms with Crippen LogP contribution < -0.4 is 5.32 Å². The van der Waals surface area contributed by atoms with Gasteiger partial charge in [0.15, 0.2) is 15.5 Å². The first kappa shape index (κ1) is 15.9. The van der Waals surface area contributed by atoms with Gasteiger partial charge in [-0.25, -0.2) is 8.42 Å². The smallest absolute Gasteiger partial charge is 0.277 e. The second kappa shape index (κ2) is 6.25. The lowest BCUT2D eigenvalue weighted by atomic mass is 10.3. The average Bonchev–Trinajstić information content (AvgIpc) is 3.05. The van der Waals surface area contributed by atoms with Crippen LogP contribution in [0.25, 0.3) is 5.69 Å². The van der Waals surface area contributed by atoms with Gasteiger partial charge in [0.25, 0.3) is 5.91 Å². The van der Waals surface area contributed by atoms with E-state index in [-0.39, 0.29) is 10.6 Å². The van der Waals surface area contributed by atoms with Crippen molar-refractivity contribution in [1.82, 2.24) is 15.0 Å². The molecule has 3 rings (SSSR count). The van der Waals surface area contributed by atoms with Gasteiger partial charge in [-0.05, 0) is 36.4 Å². The standard InChI is InChI=1S/C16H14N4O3S/c1-24(22,23)14-9-7-12(8-10-14)18-16(21)15-11-17-20(19-15)13-5-3-2-4-6-13/h2-11H,1H3,(H,18,21). The van der Waals surface area contributed by atoms with Crippen LogP contribution in [0.1, 0.15) is 10.5 Å². The van der Waals surface area contributed by atoms with Crippen LogP contribution >= 0.6 is 0 Å². The van der Waals surface area contributed by atoms with Gasteiger partial charge >= 0.3 is 0 Å². The number of carbonyl (C=O) groups excluding carboxylic acids is 1. The number of hydrogen-bond donors (Lipinski definition) is 1. The monoisotopic (exact) mass is 342 g/mol. The second-order valence-electron chi connectivity index (χ2n) is 5.11. The molecule has 122 valence electrons. The Morgan fingerprint density at radius 3 is 2.33 bits per heavy atom. The van der Waals surface area contributed by atoms with Crippen LogP contribution in [0.4, 0.5) is 5.69 Å². The van der Waals surface area contributed by atoms with E-state index in [4.69, 9.17) is 0 Å². The quantitative estimate of drug-likeness (QED) is 0.782. The summed E-state index contributed by atoms with van der Waals surface area (Å²) in [5.41, 5.74) is 1.38. The van der Waals surface area contributed by atoms with E-state index in [2.05, 4.69) is 15.5 Å². The van der Waals surface area contributed by atoms with E-state index in [9.17, 15) is 13.2 Å². The van der Waals surface area contributed by atoms with E-state index < -0.39 is 15.7 Å². The Labute approximate surface area is 138 Å². The molecule has 0 radical (unpaired) electrons. The first-order valence-electron chi connectivity index (χ1n) is 7.03. The summed E-state index contributed by atoms with van der Waals surface area (Å²) < 4.78 is 22.8. The molecule has 0 unspecified atom stereocenters. The highest BCUT2D eigenvalue weighted by Crippen LogP contribution is 2.14. The third kappa shape index (κ3) is 3.49. The predicted molar refractivity (Wildman–Crippen MR) is 88.9 cm³/mol. The number of nitrogens with one attached hydrogen (secondary N) is 1. The summed E-state index contributed by atoms with van der Waals surface area (Å²) in [7, 11) is -3.27. The van der Waals surface area contributed by atoms with Crippen LogP contribution in [0.2, 0.25) is 0 Å². The van der Waals surface area contributed by atoms with Crippen molar-refractivity contribution < 1.29 is 13.2 Å². The molecule has 0 atom stereocenters. The second-order valence-corrected chi connectivity index (χ2v) is 7.12. The first-order chi connectivity index (χ1) is 11.4. The van der Waals surface area contributed by atoms with Crippen LogP contribution in [0, 0.1) is 0 Å². The Morgan fingerprint density at radius 1 is 1.04 bits per heavy atom. The fourth-order valence-corrected chi connectivity index (χ4v) is 2.66. The van der Waals surface area contributed by atoms with Crippen molar-refractivity contribution in [2.45, 2.75) is 4.90 Å². The molecule has 3 aromatic rings. The highest BCUT2D eigenvalue weighted by atomic mass is 32.2. The molecule has 0 bridgehead atoms. The summed E-state index contributed by atoms with van der Waals surface area (Å²) in [6, 6.07) is 15.1. The molecule has 1 aromatic heterocycles. The van der Waals surface area contributed by atoms with Crippen LogP contribution in [-0.2, 0) is 9.84 Å². The van der Waals surface area contributed by atoms with E-state index >= 15 is 0 Å². The first-order valence-corrected chi connectivity index (χ1v) is 8.92. The summed E-state index contributed by atoms with van der Waals surface area (Å²) >= 11 is 0. The number of aromatic nitrogens is 3. The maximum absolute atomic E-state index is 12.2. The Hall–Kier alpha value is -3.00. The summed E-state index contributed by atoms with van der Waals surface area (Å²) in [6.45, 7) is 0. The van der Waals surface area contributed by atoms with Gasteiger partial charge in [-0.15, -0.1) is 5.10 Å². The molecular formula is C16H14N4O3S. The number of rotatable bonds is 4. The molecule has 0 spiro atoms. The molecule has 0 saturated heterocycles. The molecule has 0 fully saturated rings. The average molecular weight is 342 g/mol. The molecule has 1 heterocycles. The predicted octanol–water partition coefficient (Wildman–Crippen LogP) is 1.92. The van der Waals surface area contributed by atoms with Crippen molar-refractivity contribution in [3.05, 3.63) is 66.5 Å². The lowest BCUT2D eigenvalue weighted by Crippen LogP contribution is -2.13. The molecule has 0 aliphatic carbocycles. The van der Waals surface area contributed by atoms with Crippen molar-refractivity contribution in [2.24, 2.45) is 0 Å². The zero-order valence-electron chi connectivity index (χ0n) is 12.7. The van der Waals surface area contributed by atoms with Gasteiger partial charge in [-0.2, -0.15) is 9.90 Å². The number of hydrogen-bond acceptors (Lipinski definition) is 5. The fourth-order valence-electron chi connectivity index (χ4n) is 2.03. The van der Waals surface area contributed by atoms with Gasteiger partial charge in [0.1, 0.15) is 0 Å². The van der Waals surface area contributed by atoms with Gasteiger partial charge < -0.3 is 5.32 Å². The Balaban J connectivity index is 1.75. The maximum atomic E-state index is 12.2. The number of para-hydroxylation sites is 1. The molecule has 8 heteroatoms. The molecule has 1 N–H and O–H groups in total. The number of benzene rings is 2. The largest absolute Gasteiger partial charge is 0.321 e. The zero-order valence-corrected chi connectivity index (χ0v) is 13.6. The van der Waals surface area contributed by atoms with Crippen LogP contribution in [0.3, 0.4) is 0 Å². The van der Waals surface area contributed by atoms with Crippen LogP contribution in [0.15, 0.2) is 65.7 Å². The summed E-state index contributed by atoms with van der Waals surface area (Å²) in [4.78, 5) is 13.7. The van der Waals surface area contributed by atoms with E-state index in [1.165, 1.54) is 35.3 Å². The molecule has 24 heavy (non-hydrogen) atoms. The van der Waals surface area contributed by atoms with Crippen LogP contribution in [-0.4, -0.2) is 35.6 Å². The van der Waals surface area contributed by atoms with Gasteiger partial charge in [0.05, 0.1) is 16.8 Å². The zero-order chi connectivity index (χ0) is 17.2. The molecule has 2 aromatic carbocycles. The molecule has 0 aliphatic heterocycles. The molecule has 7 nitrogen and oxygen atoms in total. The van der Waals surface area contributed by atoms with Crippen molar-refractivity contribution in [1.29, 1.82) is 0 Å². The highest BCUT2D eigenvalue weighted by Gasteiger charge is 2.12. The maximum Gasteiger partial charge on any atom is 0.277 e. The number of sulfone groups is 1. The minimum Gasteiger partial charge on any atom is -0.321 e. The van der Waals surface area contributed by atoms with E-state index in [1.807, 2.05) is 30.3 Å². The lowest BCUT2D eigenvalue weighted by Gasteiger charge is -2.04. The van der Waals surface area contributed by atoms with Gasteiger partial charge in [-0.1, -0.05) is 18.2 Å². The minimum absolute atomic E-state index is 0.158. The fraction of sp³-hybridized carbons (Fsp3) is 0.0625. The molecule has 1 amide bonds. The summed E-state index contributed by atoms with van der Waals surface area (Å²) in [6.07, 6.45) is 2.50. The van der Waals surface area contributed by atoms with Gasteiger partial charge in [-0.3, -0.25) is 4.79 Å². The Kier molecular flexibility index (Phi) is 4.13. The summed E-state index contributed by atoms with van der Waals surface area (Å²) in [5.74, 6) is -0.427. The van der Waals surface area contributed by atoms with E-state index in [1.54, 1.807) is 0 Å². The van der Waals surface area contributed by atoms with Crippen molar-refractivity contribution in [3.63, 3.8) is 0 Å². The van der Waals surface area contributed by atoms with Crippen LogP contribution in [0.5, 0.6) is 0 Å². The SMILES string of the molecule is CS(=O)(=O)c1ccc(NC(=O)c2cnn(-c3ccccc3)n2)cc1. The van der Waals surface area contributed by atoms with E-state index in [0.717, 1.165) is 11.9 Å². The van der Waals surface area contributed by atoms with Gasteiger partial charge in [0.2, 0.25) is 0 Å². The Morgan fingerprint density at radius 2 is 1.71 bits per heavy atom. The van der Waals surface area contributed by atoms with Gasteiger partial charge in [0, 0.05) is 11.9 Å². The topological polar surface area (TPSA) is 94.0 Å². The minimum atomic E-state index is -3.27. The molecular weight excluding hydrogens is 328 g/mol. The van der Waals surface area contributed by atoms with Crippen molar-refractivity contribution >= 4 is 21.4 Å². The number of amides is 1. The number of anilines is 1. The van der Waals surface area contributed by atoms with Crippen molar-refractivity contribution in [2.75, 3.05) is 11.6 Å². The van der Waals surface area contributed by atoms with Crippen molar-refractivity contribution in [3.8, 4) is 5.69 Å².